The minimum Gasteiger partial charge on any atom is -0.383 e. The van der Waals surface area contributed by atoms with Gasteiger partial charge in [-0.25, -0.2) is 0 Å². The number of benzene rings is 2. The van der Waals surface area contributed by atoms with E-state index in [1.165, 1.54) is 11.3 Å². The van der Waals surface area contributed by atoms with Gasteiger partial charge < -0.3 is 5.11 Å². The van der Waals surface area contributed by atoms with Crippen molar-refractivity contribution in [3.05, 3.63) is 112 Å². The van der Waals surface area contributed by atoms with Gasteiger partial charge in [0.05, 0.1) is 37.9 Å². The van der Waals surface area contributed by atoms with Gasteiger partial charge in [0.15, 0.2) is 11.2 Å². The van der Waals surface area contributed by atoms with E-state index < -0.39 is 34.6 Å². The van der Waals surface area contributed by atoms with Crippen LogP contribution in [0.15, 0.2) is 71.4 Å². The molecule has 4 nitrogen and oxygen atoms in total. The number of nitriles is 2. The second-order valence-electron chi connectivity index (χ2n) is 9.39. The van der Waals surface area contributed by atoms with Crippen LogP contribution in [0, 0.1) is 34.0 Å². The summed E-state index contributed by atoms with van der Waals surface area (Å²) in [7, 11) is 0. The summed E-state index contributed by atoms with van der Waals surface area (Å²) in [6.45, 7) is 0. The third-order valence-electron chi connectivity index (χ3n) is 7.41. The largest absolute Gasteiger partial charge is 0.383 e. The number of aliphatic hydroxyl groups is 1. The number of thiophene rings is 2. The van der Waals surface area contributed by atoms with E-state index in [4.69, 9.17) is 46.4 Å². The third-order valence-corrected chi connectivity index (χ3v) is 10.8. The SMILES string of the molecule is N#CC1(C#N)C(c2ccc(Cl)cc2)CC(O)(c2sccc2Cl)C(C(=O)c2sccc2Cl)C1c1ccc(Cl)cc1. The monoisotopic (exact) mass is 630 g/mol. The molecule has 0 saturated heterocycles. The first kappa shape index (κ1) is 28.1. The van der Waals surface area contributed by atoms with Gasteiger partial charge >= 0.3 is 0 Å². The lowest BCUT2D eigenvalue weighted by atomic mass is 9.49. The summed E-state index contributed by atoms with van der Waals surface area (Å²) >= 11 is 27.7. The Morgan fingerprint density at radius 3 is 1.85 bits per heavy atom. The number of ketones is 1. The maximum absolute atomic E-state index is 14.4. The summed E-state index contributed by atoms with van der Waals surface area (Å²) in [5, 5.41) is 39.2. The Labute approximate surface area is 253 Å². The highest BCUT2D eigenvalue weighted by Crippen LogP contribution is 2.64. The van der Waals surface area contributed by atoms with Crippen LogP contribution in [-0.4, -0.2) is 10.9 Å². The lowest BCUT2D eigenvalue weighted by molar-refractivity contribution is -0.0755. The summed E-state index contributed by atoms with van der Waals surface area (Å²) in [4.78, 5) is 15.1. The number of Topliss-reactive ketones (excluding diaryl/α,β-unsaturated/α-hetero) is 1. The van der Waals surface area contributed by atoms with Gasteiger partial charge in [-0.05, 0) is 64.7 Å². The molecule has 1 saturated carbocycles. The minimum atomic E-state index is -1.85. The predicted molar refractivity (Wildman–Crippen MR) is 157 cm³/mol. The summed E-state index contributed by atoms with van der Waals surface area (Å²) in [6.07, 6.45) is -0.112. The van der Waals surface area contributed by atoms with Crippen LogP contribution in [0.3, 0.4) is 0 Å². The lowest BCUT2D eigenvalue weighted by Crippen LogP contribution is -2.55. The first-order valence-corrected chi connectivity index (χ1v) is 15.0. The normalized spacial score (nSPS) is 24.0. The second kappa shape index (κ2) is 10.9. The van der Waals surface area contributed by atoms with Crippen molar-refractivity contribution >= 4 is 74.9 Å². The lowest BCUT2D eigenvalue weighted by Gasteiger charge is -2.52. The molecule has 4 aromatic rings. The fourth-order valence-electron chi connectivity index (χ4n) is 5.69. The molecular formula is C29H18Cl4N2O2S2. The van der Waals surface area contributed by atoms with Crippen LogP contribution in [0.4, 0.5) is 0 Å². The Morgan fingerprint density at radius 1 is 0.821 bits per heavy atom. The van der Waals surface area contributed by atoms with Gasteiger partial charge in [0.2, 0.25) is 0 Å². The van der Waals surface area contributed by atoms with Crippen LogP contribution in [0.25, 0.3) is 0 Å². The first-order chi connectivity index (χ1) is 18.7. The maximum atomic E-state index is 14.4. The van der Waals surface area contributed by atoms with Crippen molar-refractivity contribution in [2.24, 2.45) is 11.3 Å². The molecule has 4 unspecified atom stereocenters. The minimum absolute atomic E-state index is 0.112. The zero-order valence-electron chi connectivity index (χ0n) is 19.9. The molecular weight excluding hydrogens is 614 g/mol. The summed E-state index contributed by atoms with van der Waals surface area (Å²) in [5.41, 5.74) is -2.46. The van der Waals surface area contributed by atoms with Gasteiger partial charge in [-0.15, -0.1) is 22.7 Å². The summed E-state index contributed by atoms with van der Waals surface area (Å²) in [6, 6.07) is 21.3. The molecule has 2 aromatic carbocycles. The number of halogens is 4. The molecule has 5 rings (SSSR count). The highest BCUT2D eigenvalue weighted by Gasteiger charge is 2.65. The number of carbonyl (C=O) groups excluding carboxylic acids is 1. The van der Waals surface area contributed by atoms with Crippen LogP contribution in [-0.2, 0) is 5.60 Å². The molecule has 1 N–H and O–H groups in total. The fraction of sp³-hybridized carbons (Fsp3) is 0.207. The Hall–Kier alpha value is -2.39. The van der Waals surface area contributed by atoms with Crippen molar-refractivity contribution in [1.82, 2.24) is 0 Å². The topological polar surface area (TPSA) is 84.9 Å². The van der Waals surface area contributed by atoms with E-state index in [0.29, 0.717) is 31.1 Å². The number of carbonyl (C=O) groups is 1. The molecule has 0 amide bonds. The highest BCUT2D eigenvalue weighted by atomic mass is 35.5. The van der Waals surface area contributed by atoms with Crippen LogP contribution in [0.5, 0.6) is 0 Å². The van der Waals surface area contributed by atoms with Gasteiger partial charge in [0.25, 0.3) is 0 Å². The predicted octanol–water partition coefficient (Wildman–Crippen LogP) is 9.11. The van der Waals surface area contributed by atoms with E-state index in [9.17, 15) is 20.4 Å². The van der Waals surface area contributed by atoms with E-state index in [2.05, 4.69) is 12.1 Å². The Bertz CT molecular complexity index is 1600. The smallest absolute Gasteiger partial charge is 0.181 e. The van der Waals surface area contributed by atoms with Crippen LogP contribution in [0.2, 0.25) is 20.1 Å². The van der Waals surface area contributed by atoms with E-state index in [1.54, 1.807) is 71.4 Å². The van der Waals surface area contributed by atoms with Gasteiger partial charge in [0, 0.05) is 21.9 Å². The average Bonchev–Trinajstić information content (AvgIpc) is 3.57. The average molecular weight is 632 g/mol. The van der Waals surface area contributed by atoms with Crippen LogP contribution in [0.1, 0.15) is 43.9 Å². The molecule has 1 fully saturated rings. The van der Waals surface area contributed by atoms with Gasteiger partial charge in [-0.3, -0.25) is 4.79 Å². The molecule has 10 heteroatoms. The standard InChI is InChI=1S/C29H18Cl4N2O2S2/c30-18-5-1-16(2-6-18)20-13-29(37,27-22(33)10-12-39-27)24(25(36)26-21(32)9-11-38-26)23(28(20,14-34)15-35)17-3-7-19(31)8-4-17/h1-12,20,23-24,37H,13H2. The van der Waals surface area contributed by atoms with Crippen molar-refractivity contribution in [3.63, 3.8) is 0 Å². The fourth-order valence-corrected chi connectivity index (χ4v) is 8.44. The van der Waals surface area contributed by atoms with Crippen molar-refractivity contribution in [3.8, 4) is 12.1 Å². The van der Waals surface area contributed by atoms with Crippen molar-refractivity contribution in [2.45, 2.75) is 23.9 Å². The summed E-state index contributed by atoms with van der Waals surface area (Å²) in [5.74, 6) is -3.62. The molecule has 1 aliphatic rings. The van der Waals surface area contributed by atoms with Gasteiger partial charge in [-0.2, -0.15) is 10.5 Å². The zero-order valence-corrected chi connectivity index (χ0v) is 24.6. The molecule has 2 aromatic heterocycles. The van der Waals surface area contributed by atoms with E-state index in [0.717, 1.165) is 11.3 Å². The molecule has 196 valence electrons. The molecule has 0 spiro atoms. The summed E-state index contributed by atoms with van der Waals surface area (Å²) < 4.78 is 0. The number of rotatable bonds is 5. The molecule has 2 heterocycles. The Balaban J connectivity index is 1.86. The van der Waals surface area contributed by atoms with Crippen LogP contribution < -0.4 is 0 Å². The first-order valence-electron chi connectivity index (χ1n) is 11.7. The maximum Gasteiger partial charge on any atom is 0.181 e. The quantitative estimate of drug-likeness (QED) is 0.223. The van der Waals surface area contributed by atoms with E-state index >= 15 is 0 Å². The molecule has 0 bridgehead atoms. The van der Waals surface area contributed by atoms with Gasteiger partial charge in [-0.1, -0.05) is 70.7 Å². The number of hydrogen-bond donors (Lipinski definition) is 1. The molecule has 0 aliphatic heterocycles. The van der Waals surface area contributed by atoms with E-state index in [-0.39, 0.29) is 16.3 Å². The van der Waals surface area contributed by atoms with Gasteiger partial charge in [0.1, 0.15) is 5.60 Å². The van der Waals surface area contributed by atoms with Crippen molar-refractivity contribution < 1.29 is 9.90 Å². The Morgan fingerprint density at radius 2 is 1.36 bits per heavy atom. The second-order valence-corrected chi connectivity index (χ2v) is 12.9. The van der Waals surface area contributed by atoms with Crippen LogP contribution >= 0.6 is 69.1 Å². The third kappa shape index (κ3) is 4.69. The molecule has 39 heavy (non-hydrogen) atoms. The van der Waals surface area contributed by atoms with E-state index in [1.807, 2.05) is 0 Å². The Kier molecular flexibility index (Phi) is 7.85. The van der Waals surface area contributed by atoms with Crippen molar-refractivity contribution in [1.29, 1.82) is 10.5 Å². The highest BCUT2D eigenvalue weighted by molar-refractivity contribution is 7.13. The zero-order chi connectivity index (χ0) is 27.9. The molecule has 1 aliphatic carbocycles. The molecule has 0 radical (unpaired) electrons. The number of nitrogens with zero attached hydrogens (tertiary/aromatic N) is 2. The molecule has 4 atom stereocenters. The van der Waals surface area contributed by atoms with Crippen molar-refractivity contribution in [2.75, 3.05) is 0 Å². The number of hydrogen-bond acceptors (Lipinski definition) is 6.